The molecule has 0 amide bonds. The molecule has 1 aliphatic heterocycles. The Morgan fingerprint density at radius 1 is 1.28 bits per heavy atom. The molecule has 0 bridgehead atoms. The fourth-order valence-electron chi connectivity index (χ4n) is 3.32. The minimum absolute atomic E-state index is 0.342. The second-order valence-corrected chi connectivity index (χ2v) is 8.15. The zero-order valence-corrected chi connectivity index (χ0v) is 16.0. The zero-order valence-electron chi connectivity index (χ0n) is 15.2. The molecule has 1 saturated heterocycles. The van der Waals surface area contributed by atoms with Gasteiger partial charge in [-0.05, 0) is 62.8 Å². The number of aliphatic imine (C=N–C) groups is 1. The van der Waals surface area contributed by atoms with Gasteiger partial charge in [0.2, 0.25) is 5.88 Å². The van der Waals surface area contributed by atoms with Crippen LogP contribution in [-0.4, -0.2) is 41.1 Å². The summed E-state index contributed by atoms with van der Waals surface area (Å²) in [6.07, 6.45) is 9.65. The Bertz CT molecular complexity index is 554. The third-order valence-corrected chi connectivity index (χ3v) is 6.07. The third kappa shape index (κ3) is 6.10. The monoisotopic (exact) mass is 362 g/mol. The average molecular weight is 363 g/mol. The van der Waals surface area contributed by atoms with Crippen molar-refractivity contribution in [2.45, 2.75) is 63.3 Å². The van der Waals surface area contributed by atoms with Crippen molar-refractivity contribution in [1.29, 1.82) is 0 Å². The first-order valence-corrected chi connectivity index (χ1v) is 10.6. The lowest BCUT2D eigenvalue weighted by Crippen LogP contribution is -2.40. The standard InChI is InChI=1S/C19H30N4OS/c1-2-20-19(23-14-17-8-5-11-25-17)22-13-15-9-10-21-18(12-15)24-16-6-3-4-7-16/h9-10,12,16-17H,2-8,11,13-14H2,1H3,(H2,20,22,23). The van der Waals surface area contributed by atoms with Crippen LogP contribution in [0.4, 0.5) is 0 Å². The summed E-state index contributed by atoms with van der Waals surface area (Å²) < 4.78 is 5.99. The van der Waals surface area contributed by atoms with Gasteiger partial charge in [-0.25, -0.2) is 9.98 Å². The highest BCUT2D eigenvalue weighted by molar-refractivity contribution is 8.00. The van der Waals surface area contributed by atoms with Gasteiger partial charge in [0.05, 0.1) is 6.54 Å². The van der Waals surface area contributed by atoms with E-state index in [1.54, 1.807) is 0 Å². The molecule has 0 radical (unpaired) electrons. The van der Waals surface area contributed by atoms with Crippen LogP contribution in [0.5, 0.6) is 5.88 Å². The van der Waals surface area contributed by atoms with Gasteiger partial charge in [0.1, 0.15) is 6.10 Å². The summed E-state index contributed by atoms with van der Waals surface area (Å²) in [6, 6.07) is 4.04. The van der Waals surface area contributed by atoms with Gasteiger partial charge in [-0.15, -0.1) is 0 Å². The number of pyridine rings is 1. The van der Waals surface area contributed by atoms with Crippen LogP contribution < -0.4 is 15.4 Å². The summed E-state index contributed by atoms with van der Waals surface area (Å²) in [5.41, 5.74) is 1.13. The number of hydrogen-bond donors (Lipinski definition) is 2. The molecule has 2 aliphatic rings. The molecular weight excluding hydrogens is 332 g/mol. The van der Waals surface area contributed by atoms with Crippen LogP contribution in [0.25, 0.3) is 0 Å². The topological polar surface area (TPSA) is 58.5 Å². The summed E-state index contributed by atoms with van der Waals surface area (Å²) >= 11 is 2.06. The number of nitrogens with zero attached hydrogens (tertiary/aromatic N) is 2. The predicted octanol–water partition coefficient (Wildman–Crippen LogP) is 3.35. The lowest BCUT2D eigenvalue weighted by Gasteiger charge is -2.15. The van der Waals surface area contributed by atoms with Gasteiger partial charge in [-0.3, -0.25) is 0 Å². The van der Waals surface area contributed by atoms with Crippen molar-refractivity contribution in [3.63, 3.8) is 0 Å². The Hall–Kier alpha value is -1.43. The van der Waals surface area contributed by atoms with Crippen molar-refractivity contribution < 1.29 is 4.74 Å². The van der Waals surface area contributed by atoms with Gasteiger partial charge in [-0.1, -0.05) is 0 Å². The quantitative estimate of drug-likeness (QED) is 0.575. The first-order chi connectivity index (χ1) is 12.3. The van der Waals surface area contributed by atoms with E-state index in [1.165, 1.54) is 31.4 Å². The molecule has 1 saturated carbocycles. The Morgan fingerprint density at radius 3 is 2.92 bits per heavy atom. The molecule has 2 heterocycles. The van der Waals surface area contributed by atoms with Crippen LogP contribution in [0, 0.1) is 0 Å². The first kappa shape index (κ1) is 18.4. The van der Waals surface area contributed by atoms with Gasteiger partial charge in [-0.2, -0.15) is 11.8 Å². The van der Waals surface area contributed by atoms with E-state index >= 15 is 0 Å². The van der Waals surface area contributed by atoms with Crippen molar-refractivity contribution in [3.8, 4) is 5.88 Å². The van der Waals surface area contributed by atoms with E-state index in [1.807, 2.05) is 18.3 Å². The highest BCUT2D eigenvalue weighted by atomic mass is 32.2. The molecule has 2 fully saturated rings. The molecule has 138 valence electrons. The maximum absolute atomic E-state index is 5.99. The molecule has 1 aromatic rings. The van der Waals surface area contributed by atoms with E-state index < -0.39 is 0 Å². The third-order valence-electron chi connectivity index (χ3n) is 4.67. The minimum atomic E-state index is 0.342. The molecule has 0 aromatic carbocycles. The number of ether oxygens (including phenoxy) is 1. The molecule has 25 heavy (non-hydrogen) atoms. The molecule has 0 spiro atoms. The molecule has 2 N–H and O–H groups in total. The fraction of sp³-hybridized carbons (Fsp3) is 0.684. The number of nitrogens with one attached hydrogen (secondary N) is 2. The van der Waals surface area contributed by atoms with Crippen LogP contribution in [0.3, 0.4) is 0 Å². The maximum atomic E-state index is 5.99. The molecule has 6 heteroatoms. The summed E-state index contributed by atoms with van der Waals surface area (Å²) in [6.45, 7) is 4.59. The van der Waals surface area contributed by atoms with Crippen molar-refractivity contribution >= 4 is 17.7 Å². The van der Waals surface area contributed by atoms with E-state index in [9.17, 15) is 0 Å². The van der Waals surface area contributed by atoms with Crippen molar-refractivity contribution in [1.82, 2.24) is 15.6 Å². The van der Waals surface area contributed by atoms with Gasteiger partial charge >= 0.3 is 0 Å². The molecule has 1 unspecified atom stereocenters. The zero-order chi connectivity index (χ0) is 17.3. The largest absolute Gasteiger partial charge is 0.474 e. The van der Waals surface area contributed by atoms with E-state index in [0.717, 1.165) is 48.6 Å². The second-order valence-electron chi connectivity index (χ2n) is 6.74. The van der Waals surface area contributed by atoms with Gasteiger partial charge in [0, 0.05) is 30.6 Å². The van der Waals surface area contributed by atoms with Gasteiger partial charge in [0.15, 0.2) is 5.96 Å². The number of aromatic nitrogens is 1. The van der Waals surface area contributed by atoms with Crippen LogP contribution in [-0.2, 0) is 6.54 Å². The molecule has 1 atom stereocenters. The lowest BCUT2D eigenvalue weighted by molar-refractivity contribution is 0.201. The number of thioether (sulfide) groups is 1. The summed E-state index contributed by atoms with van der Waals surface area (Å²) in [7, 11) is 0. The summed E-state index contributed by atoms with van der Waals surface area (Å²) in [5.74, 6) is 2.92. The summed E-state index contributed by atoms with van der Waals surface area (Å²) in [4.78, 5) is 9.07. The van der Waals surface area contributed by atoms with E-state index in [-0.39, 0.29) is 0 Å². The Balaban J connectivity index is 1.53. The fourth-order valence-corrected chi connectivity index (χ4v) is 4.52. The van der Waals surface area contributed by atoms with Crippen LogP contribution in [0.2, 0.25) is 0 Å². The smallest absolute Gasteiger partial charge is 0.213 e. The van der Waals surface area contributed by atoms with E-state index in [2.05, 4.69) is 34.3 Å². The Labute approximate surface area is 155 Å². The van der Waals surface area contributed by atoms with Crippen molar-refractivity contribution in [2.24, 2.45) is 4.99 Å². The molecule has 3 rings (SSSR count). The van der Waals surface area contributed by atoms with Crippen LogP contribution >= 0.6 is 11.8 Å². The highest BCUT2D eigenvalue weighted by Crippen LogP contribution is 2.25. The van der Waals surface area contributed by atoms with Crippen molar-refractivity contribution in [3.05, 3.63) is 23.9 Å². The Morgan fingerprint density at radius 2 is 2.16 bits per heavy atom. The SMILES string of the molecule is CCNC(=NCc1ccnc(OC2CCCC2)c1)NCC1CCCS1. The number of guanidine groups is 1. The maximum Gasteiger partial charge on any atom is 0.213 e. The van der Waals surface area contributed by atoms with Gasteiger partial charge in [0.25, 0.3) is 0 Å². The first-order valence-electron chi connectivity index (χ1n) is 9.59. The van der Waals surface area contributed by atoms with Crippen molar-refractivity contribution in [2.75, 3.05) is 18.8 Å². The number of rotatable bonds is 7. The molecule has 5 nitrogen and oxygen atoms in total. The number of hydrogen-bond acceptors (Lipinski definition) is 4. The average Bonchev–Trinajstić information content (AvgIpc) is 3.31. The summed E-state index contributed by atoms with van der Waals surface area (Å²) in [5, 5.41) is 7.53. The Kier molecular flexibility index (Phi) is 7.27. The van der Waals surface area contributed by atoms with E-state index in [4.69, 9.17) is 9.73 Å². The van der Waals surface area contributed by atoms with Crippen LogP contribution in [0.1, 0.15) is 51.0 Å². The highest BCUT2D eigenvalue weighted by Gasteiger charge is 2.17. The molecule has 1 aliphatic carbocycles. The molecule has 1 aromatic heterocycles. The second kappa shape index (κ2) is 9.90. The predicted molar refractivity (Wildman–Crippen MR) is 105 cm³/mol. The normalized spacial score (nSPS) is 21.5. The van der Waals surface area contributed by atoms with Crippen LogP contribution in [0.15, 0.2) is 23.3 Å². The lowest BCUT2D eigenvalue weighted by atomic mass is 10.2. The van der Waals surface area contributed by atoms with E-state index in [0.29, 0.717) is 12.6 Å². The minimum Gasteiger partial charge on any atom is -0.474 e. The van der Waals surface area contributed by atoms with Gasteiger partial charge < -0.3 is 15.4 Å². The molecular formula is C19H30N4OS.